The van der Waals surface area contributed by atoms with Gasteiger partial charge in [-0.3, -0.25) is 0 Å². The molecule has 0 saturated heterocycles. The average Bonchev–Trinajstić information content (AvgIpc) is 2.36. The average molecular weight is 298 g/mol. The summed E-state index contributed by atoms with van der Waals surface area (Å²) in [6, 6.07) is 5.21. The van der Waals surface area contributed by atoms with Crippen LogP contribution in [0, 0.1) is 18.3 Å². The third-order valence-corrected chi connectivity index (χ3v) is 5.61. The molecular weight excluding hydrogens is 272 g/mol. The summed E-state index contributed by atoms with van der Waals surface area (Å²) in [5, 5.41) is 0. The van der Waals surface area contributed by atoms with Crippen molar-refractivity contribution < 1.29 is 8.42 Å². The molecule has 0 radical (unpaired) electrons. The minimum absolute atomic E-state index is 0.0851. The number of rotatable bonds is 6. The van der Waals surface area contributed by atoms with E-state index in [1.165, 1.54) is 0 Å². The Morgan fingerprint density at radius 1 is 1.30 bits per heavy atom. The van der Waals surface area contributed by atoms with Crippen LogP contribution < -0.4 is 10.5 Å². The van der Waals surface area contributed by atoms with Crippen LogP contribution in [0.25, 0.3) is 0 Å². The predicted molar refractivity (Wildman–Crippen MR) is 82.9 cm³/mol. The van der Waals surface area contributed by atoms with E-state index in [-0.39, 0.29) is 5.41 Å². The van der Waals surface area contributed by atoms with Gasteiger partial charge in [0.25, 0.3) is 0 Å². The lowest BCUT2D eigenvalue weighted by Gasteiger charge is -2.29. The minimum Gasteiger partial charge on any atom is -0.326 e. The summed E-state index contributed by atoms with van der Waals surface area (Å²) in [5.41, 5.74) is 7.14. The highest BCUT2D eigenvalue weighted by molar-refractivity contribution is 7.89. The zero-order chi connectivity index (χ0) is 15.6. The molecule has 0 atom stereocenters. The van der Waals surface area contributed by atoms with Gasteiger partial charge in [-0.1, -0.05) is 39.8 Å². The van der Waals surface area contributed by atoms with Crippen LogP contribution in [0.5, 0.6) is 0 Å². The molecule has 1 aromatic rings. The van der Waals surface area contributed by atoms with E-state index >= 15 is 0 Å². The summed E-state index contributed by atoms with van der Waals surface area (Å²) in [7, 11) is -3.47. The second kappa shape index (κ2) is 6.24. The zero-order valence-corrected chi connectivity index (χ0v) is 13.8. The lowest BCUT2D eigenvalue weighted by molar-refractivity contribution is 0.252. The standard InChI is InChI=1S/C15H26N2O2S/c1-11(2)15(4,5)10-17-20(18,19)14-7-6-13(9-16)8-12(14)3/h6-8,11,17H,9-10,16H2,1-5H3. The van der Waals surface area contributed by atoms with E-state index in [1.807, 2.05) is 6.07 Å². The smallest absolute Gasteiger partial charge is 0.240 e. The number of sulfonamides is 1. The summed E-state index contributed by atoms with van der Waals surface area (Å²) in [5.74, 6) is 0.394. The van der Waals surface area contributed by atoms with Gasteiger partial charge in [-0.25, -0.2) is 13.1 Å². The number of nitrogens with two attached hydrogens (primary N) is 1. The maximum atomic E-state index is 12.4. The molecule has 4 nitrogen and oxygen atoms in total. The summed E-state index contributed by atoms with van der Waals surface area (Å²) in [6.07, 6.45) is 0. The Kier molecular flexibility index (Phi) is 5.35. The molecule has 114 valence electrons. The van der Waals surface area contributed by atoms with Crippen molar-refractivity contribution in [3.05, 3.63) is 29.3 Å². The largest absolute Gasteiger partial charge is 0.326 e. The molecular formula is C15H26N2O2S. The van der Waals surface area contributed by atoms with Crippen LogP contribution in [-0.2, 0) is 16.6 Å². The number of nitrogens with one attached hydrogen (secondary N) is 1. The Morgan fingerprint density at radius 2 is 1.90 bits per heavy atom. The zero-order valence-electron chi connectivity index (χ0n) is 13.0. The number of benzene rings is 1. The predicted octanol–water partition coefficient (Wildman–Crippen LogP) is 2.41. The Morgan fingerprint density at radius 3 is 2.35 bits per heavy atom. The molecule has 1 rings (SSSR count). The lowest BCUT2D eigenvalue weighted by atomic mass is 9.81. The molecule has 0 aliphatic heterocycles. The fourth-order valence-corrected chi connectivity index (χ4v) is 3.15. The minimum atomic E-state index is -3.47. The van der Waals surface area contributed by atoms with Gasteiger partial charge >= 0.3 is 0 Å². The first-order valence-corrected chi connectivity index (χ1v) is 8.38. The second-order valence-electron chi connectivity index (χ2n) is 6.27. The van der Waals surface area contributed by atoms with Gasteiger partial charge in [0.2, 0.25) is 10.0 Å². The Labute approximate surface area is 122 Å². The van der Waals surface area contributed by atoms with E-state index in [1.54, 1.807) is 19.1 Å². The van der Waals surface area contributed by atoms with Crippen LogP contribution in [0.3, 0.4) is 0 Å². The van der Waals surface area contributed by atoms with Gasteiger partial charge in [-0.15, -0.1) is 0 Å². The normalized spacial score (nSPS) is 12.9. The van der Waals surface area contributed by atoms with Gasteiger partial charge in [0.05, 0.1) is 4.90 Å². The van der Waals surface area contributed by atoms with E-state index in [9.17, 15) is 8.42 Å². The van der Waals surface area contributed by atoms with Crippen LogP contribution >= 0.6 is 0 Å². The van der Waals surface area contributed by atoms with Crippen molar-refractivity contribution in [2.24, 2.45) is 17.1 Å². The number of hydrogen-bond acceptors (Lipinski definition) is 3. The summed E-state index contributed by atoms with van der Waals surface area (Å²) in [4.78, 5) is 0.328. The van der Waals surface area contributed by atoms with E-state index in [2.05, 4.69) is 32.4 Å². The van der Waals surface area contributed by atoms with Crippen LogP contribution in [0.2, 0.25) is 0 Å². The van der Waals surface area contributed by atoms with Crippen LogP contribution in [0.1, 0.15) is 38.8 Å². The molecule has 0 bridgehead atoms. The molecule has 0 aromatic heterocycles. The van der Waals surface area contributed by atoms with Crippen LogP contribution in [0.15, 0.2) is 23.1 Å². The van der Waals surface area contributed by atoms with Crippen molar-refractivity contribution in [2.75, 3.05) is 6.54 Å². The molecule has 0 heterocycles. The first kappa shape index (κ1) is 17.1. The molecule has 3 N–H and O–H groups in total. The topological polar surface area (TPSA) is 72.2 Å². The van der Waals surface area contributed by atoms with Crippen molar-refractivity contribution in [3.63, 3.8) is 0 Å². The maximum absolute atomic E-state index is 12.4. The van der Waals surface area contributed by atoms with Gasteiger partial charge in [0.15, 0.2) is 0 Å². The highest BCUT2D eigenvalue weighted by Gasteiger charge is 2.26. The van der Waals surface area contributed by atoms with Gasteiger partial charge in [0.1, 0.15) is 0 Å². The van der Waals surface area contributed by atoms with Gasteiger partial charge in [-0.2, -0.15) is 0 Å². The van der Waals surface area contributed by atoms with Crippen molar-refractivity contribution >= 4 is 10.0 Å². The highest BCUT2D eigenvalue weighted by Crippen LogP contribution is 2.26. The van der Waals surface area contributed by atoms with Gasteiger partial charge in [0, 0.05) is 13.1 Å². The Bertz CT molecular complexity index is 563. The van der Waals surface area contributed by atoms with E-state index in [0.29, 0.717) is 23.9 Å². The summed E-state index contributed by atoms with van der Waals surface area (Å²) >= 11 is 0. The van der Waals surface area contributed by atoms with Crippen LogP contribution in [-0.4, -0.2) is 15.0 Å². The molecule has 0 unspecified atom stereocenters. The van der Waals surface area contributed by atoms with Gasteiger partial charge in [-0.05, 0) is 35.4 Å². The fourth-order valence-electron chi connectivity index (χ4n) is 1.70. The number of hydrogen-bond donors (Lipinski definition) is 2. The maximum Gasteiger partial charge on any atom is 0.240 e. The third kappa shape index (κ3) is 4.04. The molecule has 20 heavy (non-hydrogen) atoms. The van der Waals surface area contributed by atoms with Crippen molar-refractivity contribution in [1.82, 2.24) is 4.72 Å². The van der Waals surface area contributed by atoms with Gasteiger partial charge < -0.3 is 5.73 Å². The SMILES string of the molecule is Cc1cc(CN)ccc1S(=O)(=O)NCC(C)(C)C(C)C. The molecule has 5 heteroatoms. The van der Waals surface area contributed by atoms with E-state index < -0.39 is 10.0 Å². The molecule has 1 aromatic carbocycles. The highest BCUT2D eigenvalue weighted by atomic mass is 32.2. The Balaban J connectivity index is 2.95. The molecule has 0 spiro atoms. The monoisotopic (exact) mass is 298 g/mol. The van der Waals surface area contributed by atoms with Crippen molar-refractivity contribution in [2.45, 2.75) is 46.1 Å². The molecule has 0 amide bonds. The quantitative estimate of drug-likeness (QED) is 0.847. The Hall–Kier alpha value is -0.910. The van der Waals surface area contributed by atoms with Crippen LogP contribution in [0.4, 0.5) is 0 Å². The lowest BCUT2D eigenvalue weighted by Crippen LogP contribution is -2.37. The van der Waals surface area contributed by atoms with Crippen molar-refractivity contribution in [1.29, 1.82) is 0 Å². The number of aryl methyl sites for hydroxylation is 1. The third-order valence-electron chi connectivity index (χ3n) is 4.05. The van der Waals surface area contributed by atoms with E-state index in [0.717, 1.165) is 11.1 Å². The van der Waals surface area contributed by atoms with Crippen molar-refractivity contribution in [3.8, 4) is 0 Å². The molecule has 0 saturated carbocycles. The molecule has 0 aliphatic rings. The summed E-state index contributed by atoms with van der Waals surface area (Å²) < 4.78 is 27.5. The first-order chi connectivity index (χ1) is 9.10. The molecule has 0 fully saturated rings. The summed E-state index contributed by atoms with van der Waals surface area (Å²) in [6.45, 7) is 10.9. The van der Waals surface area contributed by atoms with E-state index in [4.69, 9.17) is 5.73 Å². The first-order valence-electron chi connectivity index (χ1n) is 6.89. The fraction of sp³-hybridized carbons (Fsp3) is 0.600. The molecule has 0 aliphatic carbocycles. The second-order valence-corrected chi connectivity index (χ2v) is 8.01.